The maximum atomic E-state index is 4.99. The second-order valence-corrected chi connectivity index (χ2v) is 5.53. The van der Waals surface area contributed by atoms with Crippen molar-refractivity contribution >= 4 is 0 Å². The maximum Gasteiger partial charge on any atom is 0.0249 e. The fourth-order valence-corrected chi connectivity index (χ4v) is 2.05. The molecule has 0 amide bonds. The van der Waals surface area contributed by atoms with Gasteiger partial charge in [-0.15, -0.1) is 0 Å². The highest BCUT2D eigenvalue weighted by molar-refractivity contribution is 4.74. The van der Waals surface area contributed by atoms with Gasteiger partial charge in [0.1, 0.15) is 0 Å². The molecule has 1 nitrogen and oxygen atoms in total. The van der Waals surface area contributed by atoms with Gasteiger partial charge in [-0.2, -0.15) is 0 Å². The van der Waals surface area contributed by atoms with E-state index in [4.69, 9.17) is 5.32 Å². The van der Waals surface area contributed by atoms with Crippen LogP contribution in [0.15, 0.2) is 0 Å². The third kappa shape index (κ3) is 7.84. The average molecular weight is 212 g/mol. The van der Waals surface area contributed by atoms with Crippen LogP contribution in [0.2, 0.25) is 0 Å². The Kier molecular flexibility index (Phi) is 8.13. The number of hydrogen-bond donors (Lipinski definition) is 0. The normalized spacial score (nSPS) is 16.0. The molecule has 0 saturated heterocycles. The molecule has 0 aliphatic rings. The van der Waals surface area contributed by atoms with Crippen LogP contribution in [-0.2, 0) is 0 Å². The summed E-state index contributed by atoms with van der Waals surface area (Å²) in [5, 5.41) is 4.99. The fraction of sp³-hybridized carbons (Fsp3) is 1.00. The third-order valence-electron chi connectivity index (χ3n) is 2.85. The second-order valence-electron chi connectivity index (χ2n) is 5.53. The molecule has 1 radical (unpaired) electrons. The van der Waals surface area contributed by atoms with E-state index < -0.39 is 0 Å². The van der Waals surface area contributed by atoms with E-state index in [1.165, 1.54) is 25.7 Å². The predicted molar refractivity (Wildman–Crippen MR) is 69.2 cm³/mol. The van der Waals surface area contributed by atoms with Crippen LogP contribution in [0.25, 0.3) is 0 Å². The molecule has 0 aromatic rings. The van der Waals surface area contributed by atoms with Crippen molar-refractivity contribution in [3.05, 3.63) is 0 Å². The Hall–Kier alpha value is -0.0400. The molecule has 15 heavy (non-hydrogen) atoms. The van der Waals surface area contributed by atoms with Crippen LogP contribution in [0.5, 0.6) is 0 Å². The minimum Gasteiger partial charge on any atom is -0.235 e. The Bertz CT molecular complexity index is 124. The van der Waals surface area contributed by atoms with Crippen LogP contribution in [0.3, 0.4) is 0 Å². The zero-order chi connectivity index (χ0) is 11.8. The van der Waals surface area contributed by atoms with E-state index in [0.717, 1.165) is 11.8 Å². The summed E-state index contributed by atoms with van der Waals surface area (Å²) in [6.07, 6.45) is 4.91. The van der Waals surface area contributed by atoms with Crippen molar-refractivity contribution in [1.29, 1.82) is 0 Å². The first-order valence-corrected chi connectivity index (χ1v) is 6.69. The lowest BCUT2D eigenvalue weighted by atomic mass is 9.97. The molecular formula is C14H30N. The summed E-state index contributed by atoms with van der Waals surface area (Å²) in [6.45, 7) is 13.7. The van der Waals surface area contributed by atoms with Crippen molar-refractivity contribution < 1.29 is 0 Å². The number of nitrogens with zero attached hydrogens (tertiary/aromatic N) is 1. The molecule has 0 aromatic heterocycles. The first-order chi connectivity index (χ1) is 6.99. The molecule has 0 bridgehead atoms. The van der Waals surface area contributed by atoms with E-state index >= 15 is 0 Å². The molecule has 0 aromatic carbocycles. The average Bonchev–Trinajstić information content (AvgIpc) is 2.14. The van der Waals surface area contributed by atoms with Gasteiger partial charge in [0.15, 0.2) is 0 Å². The van der Waals surface area contributed by atoms with Crippen LogP contribution < -0.4 is 5.32 Å². The van der Waals surface area contributed by atoms with Crippen molar-refractivity contribution in [2.45, 2.75) is 79.3 Å². The van der Waals surface area contributed by atoms with E-state index in [9.17, 15) is 0 Å². The zero-order valence-corrected chi connectivity index (χ0v) is 11.6. The van der Waals surface area contributed by atoms with Gasteiger partial charge in [-0.3, -0.25) is 0 Å². The summed E-state index contributed by atoms with van der Waals surface area (Å²) in [6, 6.07) is 1.18. The molecule has 0 aliphatic carbocycles. The molecule has 0 heterocycles. The molecule has 0 spiro atoms. The Balaban J connectivity index is 3.99. The SMILES string of the molecule is CCC(CC(C)C)[N]C(CC)CC(C)C. The highest BCUT2D eigenvalue weighted by Gasteiger charge is 2.16. The van der Waals surface area contributed by atoms with Gasteiger partial charge in [0.2, 0.25) is 0 Å². The summed E-state index contributed by atoms with van der Waals surface area (Å²) in [4.78, 5) is 0. The summed E-state index contributed by atoms with van der Waals surface area (Å²) in [5.74, 6) is 1.55. The van der Waals surface area contributed by atoms with E-state index in [2.05, 4.69) is 41.5 Å². The number of rotatable bonds is 8. The van der Waals surface area contributed by atoms with E-state index in [-0.39, 0.29) is 0 Å². The highest BCUT2D eigenvalue weighted by Crippen LogP contribution is 2.15. The quantitative estimate of drug-likeness (QED) is 0.571. The molecule has 0 aliphatic heterocycles. The van der Waals surface area contributed by atoms with E-state index in [0.29, 0.717) is 12.1 Å². The van der Waals surface area contributed by atoms with Crippen molar-refractivity contribution in [3.8, 4) is 0 Å². The van der Waals surface area contributed by atoms with Crippen LogP contribution in [0.1, 0.15) is 67.2 Å². The molecular weight excluding hydrogens is 182 g/mol. The maximum absolute atomic E-state index is 4.99. The first kappa shape index (κ1) is 15.0. The summed E-state index contributed by atoms with van der Waals surface area (Å²) in [7, 11) is 0. The predicted octanol–water partition coefficient (Wildman–Crippen LogP) is 4.24. The minimum absolute atomic E-state index is 0.591. The highest BCUT2D eigenvalue weighted by atomic mass is 14.9. The van der Waals surface area contributed by atoms with Crippen LogP contribution in [0, 0.1) is 11.8 Å². The molecule has 91 valence electrons. The van der Waals surface area contributed by atoms with E-state index in [1.54, 1.807) is 0 Å². The molecule has 0 saturated carbocycles. The third-order valence-corrected chi connectivity index (χ3v) is 2.85. The molecule has 2 atom stereocenters. The Morgan fingerprint density at radius 3 is 1.27 bits per heavy atom. The van der Waals surface area contributed by atoms with Gasteiger partial charge in [0, 0.05) is 12.1 Å². The van der Waals surface area contributed by atoms with Gasteiger partial charge < -0.3 is 0 Å². The topological polar surface area (TPSA) is 14.1 Å². The Labute approximate surface area is 97.0 Å². The van der Waals surface area contributed by atoms with Crippen molar-refractivity contribution in [2.24, 2.45) is 11.8 Å². The van der Waals surface area contributed by atoms with Gasteiger partial charge in [0.25, 0.3) is 0 Å². The van der Waals surface area contributed by atoms with Crippen molar-refractivity contribution in [1.82, 2.24) is 5.32 Å². The molecule has 0 N–H and O–H groups in total. The minimum atomic E-state index is 0.591. The van der Waals surface area contributed by atoms with Gasteiger partial charge in [-0.1, -0.05) is 41.5 Å². The largest absolute Gasteiger partial charge is 0.235 e. The van der Waals surface area contributed by atoms with Crippen molar-refractivity contribution in [2.75, 3.05) is 0 Å². The van der Waals surface area contributed by atoms with Crippen molar-refractivity contribution in [3.63, 3.8) is 0 Å². The first-order valence-electron chi connectivity index (χ1n) is 6.69. The molecule has 0 rings (SSSR count). The fourth-order valence-electron chi connectivity index (χ4n) is 2.05. The summed E-state index contributed by atoms with van der Waals surface area (Å²) < 4.78 is 0. The summed E-state index contributed by atoms with van der Waals surface area (Å²) >= 11 is 0. The second kappa shape index (κ2) is 8.15. The monoisotopic (exact) mass is 212 g/mol. The van der Waals surface area contributed by atoms with Gasteiger partial charge in [-0.25, -0.2) is 5.32 Å². The lowest BCUT2D eigenvalue weighted by Crippen LogP contribution is -2.32. The molecule has 2 unspecified atom stereocenters. The van der Waals surface area contributed by atoms with Gasteiger partial charge in [-0.05, 0) is 37.5 Å². The summed E-state index contributed by atoms with van der Waals surface area (Å²) in [5.41, 5.74) is 0. The Morgan fingerprint density at radius 1 is 0.733 bits per heavy atom. The van der Waals surface area contributed by atoms with Crippen LogP contribution in [0.4, 0.5) is 0 Å². The standard InChI is InChI=1S/C14H30N/c1-7-13(9-11(3)4)15-14(8-2)10-12(5)6/h11-14H,7-10H2,1-6H3. The Morgan fingerprint density at radius 2 is 1.07 bits per heavy atom. The smallest absolute Gasteiger partial charge is 0.0249 e. The van der Waals surface area contributed by atoms with Crippen LogP contribution in [-0.4, -0.2) is 12.1 Å². The molecule has 1 heteroatoms. The van der Waals surface area contributed by atoms with E-state index in [1.807, 2.05) is 0 Å². The lowest BCUT2D eigenvalue weighted by molar-refractivity contribution is 0.317. The zero-order valence-electron chi connectivity index (χ0n) is 11.6. The van der Waals surface area contributed by atoms with Gasteiger partial charge in [0.05, 0.1) is 0 Å². The van der Waals surface area contributed by atoms with Gasteiger partial charge >= 0.3 is 0 Å². The molecule has 0 fully saturated rings. The lowest BCUT2D eigenvalue weighted by Gasteiger charge is -2.24. The number of hydrogen-bond acceptors (Lipinski definition) is 0. The van der Waals surface area contributed by atoms with Crippen LogP contribution >= 0.6 is 0 Å².